The minimum Gasteiger partial charge on any atom is -0.492 e. The SMILES string of the molecule is COCCNC(=S)NC(=O)c1ccc(OCC(C)C)c(Br)c1. The highest BCUT2D eigenvalue weighted by atomic mass is 79.9. The summed E-state index contributed by atoms with van der Waals surface area (Å²) in [5.74, 6) is 0.877. The van der Waals surface area contributed by atoms with Gasteiger partial charge in [-0.1, -0.05) is 13.8 Å². The van der Waals surface area contributed by atoms with Crippen LogP contribution in [0.1, 0.15) is 24.2 Å². The van der Waals surface area contributed by atoms with Crippen molar-refractivity contribution in [3.8, 4) is 5.75 Å². The number of hydrogen-bond donors (Lipinski definition) is 2. The predicted octanol–water partition coefficient (Wildman–Crippen LogP) is 2.73. The molecule has 0 saturated carbocycles. The van der Waals surface area contributed by atoms with Crippen molar-refractivity contribution >= 4 is 39.2 Å². The van der Waals surface area contributed by atoms with Crippen molar-refractivity contribution < 1.29 is 14.3 Å². The molecule has 0 aliphatic rings. The number of benzene rings is 1. The minimum absolute atomic E-state index is 0.272. The molecule has 0 aliphatic heterocycles. The molecule has 0 spiro atoms. The summed E-state index contributed by atoms with van der Waals surface area (Å²) >= 11 is 8.45. The molecule has 1 aromatic carbocycles. The van der Waals surface area contributed by atoms with Gasteiger partial charge in [0.25, 0.3) is 5.91 Å². The lowest BCUT2D eigenvalue weighted by Gasteiger charge is -2.12. The smallest absolute Gasteiger partial charge is 0.257 e. The fourth-order valence-corrected chi connectivity index (χ4v) is 2.19. The maximum absolute atomic E-state index is 12.1. The number of halogens is 1. The third kappa shape index (κ3) is 6.72. The van der Waals surface area contributed by atoms with E-state index in [-0.39, 0.29) is 11.0 Å². The highest BCUT2D eigenvalue weighted by molar-refractivity contribution is 9.10. The van der Waals surface area contributed by atoms with E-state index in [1.165, 1.54) is 0 Å². The van der Waals surface area contributed by atoms with E-state index in [0.29, 0.717) is 37.0 Å². The zero-order valence-corrected chi connectivity index (χ0v) is 15.3. The zero-order valence-electron chi connectivity index (χ0n) is 12.9. The fraction of sp³-hybridized carbons (Fsp3) is 0.467. The lowest BCUT2D eigenvalue weighted by Crippen LogP contribution is -2.40. The van der Waals surface area contributed by atoms with Gasteiger partial charge in [0, 0.05) is 19.2 Å². The van der Waals surface area contributed by atoms with Crippen LogP contribution in [0, 0.1) is 5.92 Å². The van der Waals surface area contributed by atoms with E-state index in [0.717, 1.165) is 4.47 Å². The van der Waals surface area contributed by atoms with Crippen LogP contribution >= 0.6 is 28.1 Å². The Hall–Kier alpha value is -1.18. The van der Waals surface area contributed by atoms with Gasteiger partial charge in [0.1, 0.15) is 5.75 Å². The molecule has 122 valence electrons. The Morgan fingerprint density at radius 1 is 1.41 bits per heavy atom. The molecule has 0 saturated heterocycles. The summed E-state index contributed by atoms with van der Waals surface area (Å²) in [7, 11) is 1.60. The number of rotatable bonds is 7. The van der Waals surface area contributed by atoms with Crippen LogP contribution in [0.3, 0.4) is 0 Å². The van der Waals surface area contributed by atoms with Gasteiger partial charge in [-0.2, -0.15) is 0 Å². The van der Waals surface area contributed by atoms with Crippen LogP contribution in [-0.2, 0) is 4.74 Å². The topological polar surface area (TPSA) is 59.6 Å². The third-order valence-electron chi connectivity index (χ3n) is 2.59. The lowest BCUT2D eigenvalue weighted by atomic mass is 10.2. The van der Waals surface area contributed by atoms with Crippen molar-refractivity contribution in [1.82, 2.24) is 10.6 Å². The van der Waals surface area contributed by atoms with Gasteiger partial charge >= 0.3 is 0 Å². The molecule has 0 unspecified atom stereocenters. The van der Waals surface area contributed by atoms with Crippen molar-refractivity contribution in [3.05, 3.63) is 28.2 Å². The number of carbonyl (C=O) groups is 1. The number of methoxy groups -OCH3 is 1. The molecule has 0 aliphatic carbocycles. The van der Waals surface area contributed by atoms with Crippen molar-refractivity contribution in [1.29, 1.82) is 0 Å². The molecule has 22 heavy (non-hydrogen) atoms. The monoisotopic (exact) mass is 388 g/mol. The Bertz CT molecular complexity index is 524. The summed E-state index contributed by atoms with van der Waals surface area (Å²) in [5.41, 5.74) is 0.500. The molecule has 1 amide bonds. The van der Waals surface area contributed by atoms with Crippen molar-refractivity contribution in [3.63, 3.8) is 0 Å². The number of ether oxygens (including phenoxy) is 2. The van der Waals surface area contributed by atoms with Crippen LogP contribution in [0.25, 0.3) is 0 Å². The standard InChI is InChI=1S/C15H21BrN2O3S/c1-10(2)9-21-13-5-4-11(8-12(13)16)14(19)18-15(22)17-6-7-20-3/h4-5,8,10H,6-7,9H2,1-3H3,(H2,17,18,19,22). The summed E-state index contributed by atoms with van der Waals surface area (Å²) in [6.07, 6.45) is 0. The molecule has 1 rings (SSSR count). The van der Waals surface area contributed by atoms with Gasteiger partial charge in [-0.3, -0.25) is 10.1 Å². The summed E-state index contributed by atoms with van der Waals surface area (Å²) in [6, 6.07) is 5.18. The van der Waals surface area contributed by atoms with Crippen LogP contribution in [-0.4, -0.2) is 37.9 Å². The molecule has 0 aromatic heterocycles. The molecule has 0 bridgehead atoms. The average Bonchev–Trinajstić information content (AvgIpc) is 2.45. The van der Waals surface area contributed by atoms with Crippen LogP contribution in [0.15, 0.2) is 22.7 Å². The number of thiocarbonyl (C=S) groups is 1. The summed E-state index contributed by atoms with van der Waals surface area (Å²) < 4.78 is 11.3. The van der Waals surface area contributed by atoms with Crippen molar-refractivity contribution in [2.75, 3.05) is 26.9 Å². The Labute approximate surface area is 144 Å². The molecular formula is C15H21BrN2O3S. The highest BCUT2D eigenvalue weighted by Gasteiger charge is 2.11. The van der Waals surface area contributed by atoms with E-state index < -0.39 is 0 Å². The second-order valence-corrected chi connectivity index (χ2v) is 6.32. The van der Waals surface area contributed by atoms with Gasteiger partial charge < -0.3 is 14.8 Å². The van der Waals surface area contributed by atoms with Gasteiger partial charge in [0.15, 0.2) is 5.11 Å². The number of hydrogen-bond acceptors (Lipinski definition) is 4. The largest absolute Gasteiger partial charge is 0.492 e. The predicted molar refractivity (Wildman–Crippen MR) is 94.4 cm³/mol. The number of nitrogens with one attached hydrogen (secondary N) is 2. The van der Waals surface area contributed by atoms with Crippen molar-refractivity contribution in [2.24, 2.45) is 5.92 Å². The molecule has 0 radical (unpaired) electrons. The third-order valence-corrected chi connectivity index (χ3v) is 3.45. The van der Waals surface area contributed by atoms with Crippen molar-refractivity contribution in [2.45, 2.75) is 13.8 Å². The Morgan fingerprint density at radius 3 is 2.73 bits per heavy atom. The molecule has 0 fully saturated rings. The lowest BCUT2D eigenvalue weighted by molar-refractivity contribution is 0.0976. The van der Waals surface area contributed by atoms with Crippen LogP contribution < -0.4 is 15.4 Å². The van der Waals surface area contributed by atoms with Gasteiger partial charge in [-0.25, -0.2) is 0 Å². The number of amides is 1. The molecule has 0 heterocycles. The quantitative estimate of drug-likeness (QED) is 0.555. The van der Waals surface area contributed by atoms with Gasteiger partial charge in [0.2, 0.25) is 0 Å². The fourth-order valence-electron chi connectivity index (χ4n) is 1.50. The highest BCUT2D eigenvalue weighted by Crippen LogP contribution is 2.26. The minimum atomic E-state index is -0.272. The molecular weight excluding hydrogens is 368 g/mol. The van der Waals surface area contributed by atoms with Crippen LogP contribution in [0.5, 0.6) is 5.75 Å². The second-order valence-electron chi connectivity index (χ2n) is 5.05. The first kappa shape index (κ1) is 18.9. The summed E-state index contributed by atoms with van der Waals surface area (Å²) in [6.45, 7) is 5.84. The maximum atomic E-state index is 12.1. The average molecular weight is 389 g/mol. The molecule has 5 nitrogen and oxygen atoms in total. The van der Waals surface area contributed by atoms with E-state index in [2.05, 4.69) is 40.4 Å². The Kier molecular flexibility index (Phi) is 8.37. The molecule has 0 atom stereocenters. The molecule has 2 N–H and O–H groups in total. The van der Waals surface area contributed by atoms with E-state index >= 15 is 0 Å². The summed E-state index contributed by atoms with van der Waals surface area (Å²) in [5, 5.41) is 5.77. The Morgan fingerprint density at radius 2 is 2.14 bits per heavy atom. The first-order valence-corrected chi connectivity index (χ1v) is 8.14. The molecule has 1 aromatic rings. The van der Waals surface area contributed by atoms with E-state index in [1.54, 1.807) is 25.3 Å². The maximum Gasteiger partial charge on any atom is 0.257 e. The van der Waals surface area contributed by atoms with Crippen LogP contribution in [0.4, 0.5) is 0 Å². The second kappa shape index (κ2) is 9.76. The molecule has 7 heteroatoms. The van der Waals surface area contributed by atoms with Gasteiger partial charge in [-0.15, -0.1) is 0 Å². The van der Waals surface area contributed by atoms with E-state index in [1.807, 2.05) is 0 Å². The van der Waals surface area contributed by atoms with Crippen LogP contribution in [0.2, 0.25) is 0 Å². The normalized spacial score (nSPS) is 10.4. The van der Waals surface area contributed by atoms with E-state index in [9.17, 15) is 4.79 Å². The Balaban J connectivity index is 2.59. The summed E-state index contributed by atoms with van der Waals surface area (Å²) in [4.78, 5) is 12.1. The first-order chi connectivity index (χ1) is 10.4. The number of carbonyl (C=O) groups excluding carboxylic acids is 1. The van der Waals surface area contributed by atoms with Gasteiger partial charge in [-0.05, 0) is 52.3 Å². The van der Waals surface area contributed by atoms with E-state index in [4.69, 9.17) is 21.7 Å². The first-order valence-electron chi connectivity index (χ1n) is 6.94. The zero-order chi connectivity index (χ0) is 16.5. The van der Waals surface area contributed by atoms with Gasteiger partial charge in [0.05, 0.1) is 17.7 Å².